The van der Waals surface area contributed by atoms with Crippen LogP contribution in [0.1, 0.15) is 35.8 Å². The van der Waals surface area contributed by atoms with Crippen LogP contribution in [0.15, 0.2) is 36.4 Å². The summed E-state index contributed by atoms with van der Waals surface area (Å²) < 4.78 is 13.5. The van der Waals surface area contributed by atoms with Gasteiger partial charge >= 0.3 is 0 Å². The summed E-state index contributed by atoms with van der Waals surface area (Å²) in [5, 5.41) is 2.52. The summed E-state index contributed by atoms with van der Waals surface area (Å²) in [5.41, 5.74) is 6.92. The lowest BCUT2D eigenvalue weighted by atomic mass is 10.1. The molecule has 0 fully saturated rings. The van der Waals surface area contributed by atoms with E-state index in [1.54, 1.807) is 18.2 Å². The Kier molecular flexibility index (Phi) is 3.98. The zero-order chi connectivity index (χ0) is 14.7. The number of carbonyl (C=O) groups is 1. The third-order valence-electron chi connectivity index (χ3n) is 2.84. The van der Waals surface area contributed by atoms with Gasteiger partial charge < -0.3 is 11.1 Å². The number of amides is 1. The van der Waals surface area contributed by atoms with Crippen LogP contribution in [0.2, 0.25) is 0 Å². The number of carbonyl (C=O) groups excluding carboxylic acids is 1. The molecule has 1 amide bonds. The first-order valence-electron chi connectivity index (χ1n) is 6.30. The molecule has 0 aliphatic heterocycles. The van der Waals surface area contributed by atoms with E-state index < -0.39 is 11.7 Å². The fourth-order valence-electron chi connectivity index (χ4n) is 1.76. The molecule has 0 aliphatic carbocycles. The van der Waals surface area contributed by atoms with E-state index in [9.17, 15) is 9.18 Å². The first-order chi connectivity index (χ1) is 9.47. The fraction of sp³-hybridized carbons (Fsp3) is 0.200. The highest BCUT2D eigenvalue weighted by molar-refractivity contribution is 6.04. The third-order valence-corrected chi connectivity index (χ3v) is 2.84. The molecule has 1 aromatic heterocycles. The molecule has 0 unspecified atom stereocenters. The molecular formula is C15H16FN3O. The lowest BCUT2D eigenvalue weighted by molar-refractivity contribution is 0.102. The van der Waals surface area contributed by atoms with Crippen molar-refractivity contribution in [2.45, 2.75) is 19.8 Å². The molecular weight excluding hydrogens is 257 g/mol. The molecule has 1 aromatic carbocycles. The Morgan fingerprint density at radius 3 is 2.65 bits per heavy atom. The maximum absolute atomic E-state index is 13.5. The molecule has 5 heteroatoms. The van der Waals surface area contributed by atoms with Crippen molar-refractivity contribution < 1.29 is 9.18 Å². The van der Waals surface area contributed by atoms with Crippen LogP contribution in [0.25, 0.3) is 0 Å². The highest BCUT2D eigenvalue weighted by Crippen LogP contribution is 2.18. The average Bonchev–Trinajstić information content (AvgIpc) is 2.40. The number of nitrogens with one attached hydrogen (secondary N) is 1. The Morgan fingerprint density at radius 2 is 2.00 bits per heavy atom. The van der Waals surface area contributed by atoms with Crippen molar-refractivity contribution >= 4 is 17.4 Å². The Morgan fingerprint density at radius 1 is 1.30 bits per heavy atom. The van der Waals surface area contributed by atoms with Crippen molar-refractivity contribution in [1.82, 2.24) is 4.98 Å². The molecule has 0 bridgehead atoms. The van der Waals surface area contributed by atoms with Crippen LogP contribution in [0.3, 0.4) is 0 Å². The van der Waals surface area contributed by atoms with E-state index in [1.807, 2.05) is 13.8 Å². The number of nitrogens with two attached hydrogens (primary N) is 1. The largest absolute Gasteiger partial charge is 0.384 e. The summed E-state index contributed by atoms with van der Waals surface area (Å²) in [6.07, 6.45) is 0. The maximum Gasteiger partial charge on any atom is 0.255 e. The van der Waals surface area contributed by atoms with Gasteiger partial charge in [0.2, 0.25) is 0 Å². The highest BCUT2D eigenvalue weighted by atomic mass is 19.1. The van der Waals surface area contributed by atoms with Gasteiger partial charge in [0.25, 0.3) is 5.91 Å². The number of hydrogen-bond donors (Lipinski definition) is 2. The molecule has 0 saturated heterocycles. The summed E-state index contributed by atoms with van der Waals surface area (Å²) in [6, 6.07) is 9.14. The van der Waals surface area contributed by atoms with Crippen LogP contribution >= 0.6 is 0 Å². The SMILES string of the molecule is CC(C)c1cc(C(=O)Nc2ccccc2F)cc(N)n1. The second kappa shape index (κ2) is 5.69. The van der Waals surface area contributed by atoms with Crippen LogP contribution in [0.4, 0.5) is 15.9 Å². The van der Waals surface area contributed by atoms with E-state index in [2.05, 4.69) is 10.3 Å². The summed E-state index contributed by atoms with van der Waals surface area (Å²) >= 11 is 0. The number of halogens is 1. The molecule has 2 rings (SSSR count). The minimum atomic E-state index is -0.480. The first-order valence-corrected chi connectivity index (χ1v) is 6.30. The second-order valence-corrected chi connectivity index (χ2v) is 4.79. The molecule has 0 spiro atoms. The van der Waals surface area contributed by atoms with Crippen LogP contribution in [0, 0.1) is 5.82 Å². The zero-order valence-corrected chi connectivity index (χ0v) is 11.4. The molecule has 4 nitrogen and oxygen atoms in total. The number of para-hydroxylation sites is 1. The van der Waals surface area contributed by atoms with Gasteiger partial charge in [0.1, 0.15) is 11.6 Å². The van der Waals surface area contributed by atoms with E-state index in [0.717, 1.165) is 5.69 Å². The highest BCUT2D eigenvalue weighted by Gasteiger charge is 2.12. The van der Waals surface area contributed by atoms with Gasteiger partial charge in [0.05, 0.1) is 5.69 Å². The van der Waals surface area contributed by atoms with E-state index in [1.165, 1.54) is 18.2 Å². The molecule has 20 heavy (non-hydrogen) atoms. The minimum Gasteiger partial charge on any atom is -0.384 e. The molecule has 2 aromatic rings. The minimum absolute atomic E-state index is 0.138. The van der Waals surface area contributed by atoms with Crippen molar-refractivity contribution in [3.8, 4) is 0 Å². The van der Waals surface area contributed by atoms with Gasteiger partial charge in [-0.25, -0.2) is 9.37 Å². The van der Waals surface area contributed by atoms with Gasteiger partial charge in [-0.15, -0.1) is 0 Å². The molecule has 0 atom stereocenters. The smallest absolute Gasteiger partial charge is 0.255 e. The van der Waals surface area contributed by atoms with Crippen molar-refractivity contribution in [2.24, 2.45) is 0 Å². The summed E-state index contributed by atoms with van der Waals surface area (Å²) in [5.74, 6) is -0.466. The van der Waals surface area contributed by atoms with E-state index in [-0.39, 0.29) is 17.4 Å². The van der Waals surface area contributed by atoms with Gasteiger partial charge in [0.15, 0.2) is 0 Å². The van der Waals surface area contributed by atoms with Gasteiger partial charge in [-0.1, -0.05) is 26.0 Å². The predicted molar refractivity (Wildman–Crippen MR) is 77.1 cm³/mol. The van der Waals surface area contributed by atoms with E-state index in [0.29, 0.717) is 5.56 Å². The maximum atomic E-state index is 13.5. The molecule has 1 heterocycles. The monoisotopic (exact) mass is 273 g/mol. The number of nitrogens with zero attached hydrogens (tertiary/aromatic N) is 1. The lowest BCUT2D eigenvalue weighted by Crippen LogP contribution is -2.14. The van der Waals surface area contributed by atoms with Crippen molar-refractivity contribution in [3.05, 3.63) is 53.5 Å². The Labute approximate surface area is 116 Å². The number of nitrogen functional groups attached to an aromatic ring is 1. The molecule has 0 saturated carbocycles. The third kappa shape index (κ3) is 3.12. The summed E-state index contributed by atoms with van der Waals surface area (Å²) in [4.78, 5) is 16.3. The Hall–Kier alpha value is -2.43. The van der Waals surface area contributed by atoms with Gasteiger partial charge in [0, 0.05) is 11.3 Å². The van der Waals surface area contributed by atoms with Gasteiger partial charge in [-0.05, 0) is 30.2 Å². The number of rotatable bonds is 3. The molecule has 0 radical (unpaired) electrons. The second-order valence-electron chi connectivity index (χ2n) is 4.79. The van der Waals surface area contributed by atoms with Crippen molar-refractivity contribution in [3.63, 3.8) is 0 Å². The quantitative estimate of drug-likeness (QED) is 0.902. The number of benzene rings is 1. The summed E-state index contributed by atoms with van der Waals surface area (Å²) in [7, 11) is 0. The fourth-order valence-corrected chi connectivity index (χ4v) is 1.76. The van der Waals surface area contributed by atoms with Gasteiger partial charge in [-0.3, -0.25) is 4.79 Å². The Bertz CT molecular complexity index is 641. The number of anilines is 2. The topological polar surface area (TPSA) is 68.0 Å². The lowest BCUT2D eigenvalue weighted by Gasteiger charge is -2.10. The molecule has 0 aliphatic rings. The van der Waals surface area contributed by atoms with Crippen LogP contribution in [-0.4, -0.2) is 10.9 Å². The Balaban J connectivity index is 2.28. The van der Waals surface area contributed by atoms with Gasteiger partial charge in [-0.2, -0.15) is 0 Å². The average molecular weight is 273 g/mol. The zero-order valence-electron chi connectivity index (χ0n) is 11.4. The van der Waals surface area contributed by atoms with Crippen LogP contribution < -0.4 is 11.1 Å². The number of hydrogen-bond acceptors (Lipinski definition) is 3. The molecule has 104 valence electrons. The normalized spacial score (nSPS) is 10.6. The van der Waals surface area contributed by atoms with Crippen LogP contribution in [-0.2, 0) is 0 Å². The standard InChI is InChI=1S/C15H16FN3O/c1-9(2)13-7-10(8-14(17)18-13)15(20)19-12-6-4-3-5-11(12)16/h3-9H,1-2H3,(H2,17,18)(H,19,20). The van der Waals surface area contributed by atoms with Crippen molar-refractivity contribution in [2.75, 3.05) is 11.1 Å². The first kappa shape index (κ1) is 14.0. The number of pyridine rings is 1. The predicted octanol–water partition coefficient (Wildman–Crippen LogP) is 3.18. The van der Waals surface area contributed by atoms with E-state index in [4.69, 9.17) is 5.73 Å². The molecule has 3 N–H and O–H groups in total. The van der Waals surface area contributed by atoms with Crippen molar-refractivity contribution in [1.29, 1.82) is 0 Å². The summed E-state index contributed by atoms with van der Waals surface area (Å²) in [6.45, 7) is 3.92. The van der Waals surface area contributed by atoms with E-state index >= 15 is 0 Å². The number of aromatic nitrogens is 1. The van der Waals surface area contributed by atoms with Crippen LogP contribution in [0.5, 0.6) is 0 Å².